The molecule has 0 saturated carbocycles. The lowest BCUT2D eigenvalue weighted by Gasteiger charge is -2.41. The van der Waals surface area contributed by atoms with E-state index in [1.807, 2.05) is 18.2 Å². The molecule has 1 atom stereocenters. The normalized spacial score (nSPS) is 15.1. The molecule has 0 aliphatic rings. The predicted octanol–water partition coefficient (Wildman–Crippen LogP) is 8.78. The molecule has 1 aromatic rings. The minimum atomic E-state index is -2.25. The zero-order valence-electron chi connectivity index (χ0n) is 25.1. The molecule has 0 bridgehead atoms. The van der Waals surface area contributed by atoms with Gasteiger partial charge in [-0.15, -0.1) is 0 Å². The second-order valence-corrected chi connectivity index (χ2v) is 29.5. The van der Waals surface area contributed by atoms with Gasteiger partial charge in [0, 0.05) is 0 Å². The lowest BCUT2D eigenvalue weighted by molar-refractivity contribution is -0.137. The molecule has 0 heterocycles. The van der Waals surface area contributed by atoms with E-state index in [0.717, 1.165) is 11.3 Å². The van der Waals surface area contributed by atoms with E-state index in [4.69, 9.17) is 20.5 Å². The van der Waals surface area contributed by atoms with Crippen LogP contribution in [0.4, 0.5) is 0 Å². The summed E-state index contributed by atoms with van der Waals surface area (Å²) in [6.45, 7) is 33.1. The fraction of sp³-hybridized carbons (Fsp3) is 0.741. The first-order chi connectivity index (χ1) is 15.3. The number of carbonyl (C=O) groups is 1. The molecule has 35 heavy (non-hydrogen) atoms. The Bertz CT molecular complexity index is 894. The first-order valence-corrected chi connectivity index (χ1v) is 22.0. The highest BCUT2D eigenvalue weighted by Crippen LogP contribution is 2.40. The lowest BCUT2D eigenvalue weighted by atomic mass is 10.1. The molecule has 1 unspecified atom stereocenters. The highest BCUT2D eigenvalue weighted by Gasteiger charge is 2.44. The van der Waals surface area contributed by atoms with Crippen LogP contribution in [0.15, 0.2) is 18.2 Å². The van der Waals surface area contributed by atoms with E-state index in [0.29, 0.717) is 11.4 Å². The van der Waals surface area contributed by atoms with Crippen molar-refractivity contribution in [3.05, 3.63) is 28.8 Å². The van der Waals surface area contributed by atoms with Gasteiger partial charge in [-0.1, -0.05) is 93.1 Å². The number of carbonyl (C=O) groups excluding carboxylic acids is 1. The van der Waals surface area contributed by atoms with Crippen LogP contribution >= 0.6 is 11.6 Å². The molecule has 0 amide bonds. The van der Waals surface area contributed by atoms with Crippen molar-refractivity contribution in [2.45, 2.75) is 129 Å². The van der Waals surface area contributed by atoms with Crippen LogP contribution in [0.5, 0.6) is 5.75 Å². The van der Waals surface area contributed by atoms with E-state index < -0.39 is 30.9 Å². The van der Waals surface area contributed by atoms with Crippen LogP contribution in [0.1, 0.15) is 67.9 Å². The van der Waals surface area contributed by atoms with Crippen LogP contribution in [0.2, 0.25) is 59.4 Å². The summed E-state index contributed by atoms with van der Waals surface area (Å²) in [7, 11) is -6.22. The van der Waals surface area contributed by atoms with E-state index in [1.165, 1.54) is 0 Å². The summed E-state index contributed by atoms with van der Waals surface area (Å²) in [5, 5.41) is 0.717. The van der Waals surface area contributed by atoms with Gasteiger partial charge in [0.1, 0.15) is 20.0 Å². The molecule has 1 rings (SSSR count). The maximum absolute atomic E-state index is 13.6. The predicted molar refractivity (Wildman–Crippen MR) is 160 cm³/mol. The van der Waals surface area contributed by atoms with Crippen LogP contribution in [-0.2, 0) is 15.6 Å². The van der Waals surface area contributed by atoms with Crippen LogP contribution in [0, 0.1) is 0 Å². The van der Waals surface area contributed by atoms with Gasteiger partial charge in [-0.25, -0.2) is 0 Å². The van der Waals surface area contributed by atoms with E-state index in [-0.39, 0.29) is 21.1 Å². The summed E-state index contributed by atoms with van der Waals surface area (Å²) >= 11 is 6.70. The van der Waals surface area contributed by atoms with Crippen molar-refractivity contribution >= 4 is 42.4 Å². The van der Waals surface area contributed by atoms with Gasteiger partial charge in [0.05, 0.1) is 5.02 Å². The van der Waals surface area contributed by atoms with Crippen molar-refractivity contribution in [3.8, 4) is 5.75 Å². The van der Waals surface area contributed by atoms with Gasteiger partial charge in [0.15, 0.2) is 0 Å². The molecule has 4 nitrogen and oxygen atoms in total. The third-order valence-corrected chi connectivity index (χ3v) is 22.2. The second kappa shape index (κ2) is 10.6. The zero-order chi connectivity index (χ0) is 27.8. The number of hydrogen-bond donors (Lipinski definition) is 1. The summed E-state index contributed by atoms with van der Waals surface area (Å²) < 4.78 is 12.7. The standard InChI is InChI=1S/C27H52ClNO3Si3/c1-25(2,3)33(10,11)29-22(24(30)32-35(14,15)27(7,8)9)19-20-16-17-23(21(28)18-20)31-34(12,13)26(4,5)6/h16-18,22,29H,19H2,1-15H3. The third-order valence-electron chi connectivity index (χ3n) is 8.46. The monoisotopic (exact) mass is 557 g/mol. The Balaban J connectivity index is 3.29. The molecule has 1 N–H and O–H groups in total. The van der Waals surface area contributed by atoms with Crippen molar-refractivity contribution in [3.63, 3.8) is 0 Å². The van der Waals surface area contributed by atoms with Gasteiger partial charge >= 0.3 is 5.97 Å². The van der Waals surface area contributed by atoms with E-state index in [1.54, 1.807) is 0 Å². The van der Waals surface area contributed by atoms with Crippen LogP contribution in [-0.4, -0.2) is 36.9 Å². The minimum absolute atomic E-state index is 0.0454. The molecule has 0 saturated heterocycles. The summed E-state index contributed by atoms with van der Waals surface area (Å²) in [6.07, 6.45) is 0.528. The number of benzene rings is 1. The van der Waals surface area contributed by atoms with Crippen molar-refractivity contribution in [2.75, 3.05) is 0 Å². The molecular formula is C27H52ClNO3Si3. The summed E-state index contributed by atoms with van der Waals surface area (Å²) in [6, 6.07) is 5.52. The maximum atomic E-state index is 13.6. The molecule has 202 valence electrons. The highest BCUT2D eigenvalue weighted by molar-refractivity contribution is 6.78. The van der Waals surface area contributed by atoms with Gasteiger partial charge in [0.2, 0.25) is 0 Å². The molecule has 0 radical (unpaired) electrons. The molecular weight excluding hydrogens is 506 g/mol. The van der Waals surface area contributed by atoms with Gasteiger partial charge in [-0.2, -0.15) is 0 Å². The molecule has 0 aliphatic carbocycles. The summed E-state index contributed by atoms with van der Waals surface area (Å²) in [5.41, 5.74) is 1.00. The first-order valence-electron chi connectivity index (χ1n) is 12.8. The van der Waals surface area contributed by atoms with Gasteiger partial charge in [-0.3, -0.25) is 4.79 Å². The van der Waals surface area contributed by atoms with Crippen molar-refractivity contribution in [1.29, 1.82) is 0 Å². The lowest BCUT2D eigenvalue weighted by Crippen LogP contribution is -2.60. The van der Waals surface area contributed by atoms with Crippen LogP contribution in [0.3, 0.4) is 0 Å². The topological polar surface area (TPSA) is 47.6 Å². The third kappa shape index (κ3) is 8.45. The Morgan fingerprint density at radius 2 is 1.34 bits per heavy atom. The average molecular weight is 558 g/mol. The minimum Gasteiger partial charge on any atom is -0.543 e. The first kappa shape index (κ1) is 32.4. The smallest absolute Gasteiger partial charge is 0.309 e. The fourth-order valence-corrected chi connectivity index (χ4v) is 6.55. The number of rotatable bonds is 8. The number of nitrogens with one attached hydrogen (secondary N) is 1. The Kier molecular flexibility index (Phi) is 9.85. The highest BCUT2D eigenvalue weighted by atomic mass is 35.5. The SMILES string of the molecule is CC(C)(C)[Si](C)(C)NC(Cc1ccc(O[Si](C)(C)C(C)(C)C)c(Cl)c1)C(=O)O[Si](C)(C)C(C)(C)C. The van der Waals surface area contributed by atoms with Gasteiger partial charge in [-0.05, 0) is 65.4 Å². The van der Waals surface area contributed by atoms with Crippen molar-refractivity contribution < 1.29 is 13.6 Å². The quantitative estimate of drug-likeness (QED) is 0.324. The fourth-order valence-electron chi connectivity index (χ4n) is 2.74. The molecule has 0 fully saturated rings. The van der Waals surface area contributed by atoms with Crippen molar-refractivity contribution in [1.82, 2.24) is 4.98 Å². The van der Waals surface area contributed by atoms with E-state index >= 15 is 0 Å². The maximum Gasteiger partial charge on any atom is 0.309 e. The van der Waals surface area contributed by atoms with Crippen molar-refractivity contribution in [2.24, 2.45) is 0 Å². The summed E-state index contributed by atoms with van der Waals surface area (Å²) in [4.78, 5) is 17.4. The molecule has 8 heteroatoms. The zero-order valence-corrected chi connectivity index (χ0v) is 28.9. The van der Waals surface area contributed by atoms with Gasteiger partial charge in [0.25, 0.3) is 16.6 Å². The number of halogens is 1. The van der Waals surface area contributed by atoms with Crippen LogP contribution < -0.4 is 9.41 Å². The Labute approximate surface area is 224 Å². The molecule has 0 aliphatic heterocycles. The van der Waals surface area contributed by atoms with E-state index in [2.05, 4.69) is 107 Å². The Morgan fingerprint density at radius 1 is 0.857 bits per heavy atom. The van der Waals surface area contributed by atoms with Gasteiger partial charge < -0.3 is 13.8 Å². The average Bonchev–Trinajstić information content (AvgIpc) is 2.59. The summed E-state index contributed by atoms with van der Waals surface area (Å²) in [5.74, 6) is 0.568. The molecule has 0 aromatic heterocycles. The largest absolute Gasteiger partial charge is 0.543 e. The Hall–Kier alpha value is -0.609. The molecule has 0 spiro atoms. The Morgan fingerprint density at radius 3 is 1.74 bits per heavy atom. The van der Waals surface area contributed by atoms with E-state index in [9.17, 15) is 4.79 Å². The number of hydrogen-bond acceptors (Lipinski definition) is 4. The van der Waals surface area contributed by atoms with Crippen LogP contribution in [0.25, 0.3) is 0 Å². The molecule has 1 aromatic carbocycles. The second-order valence-electron chi connectivity index (χ2n) is 14.6.